The summed E-state index contributed by atoms with van der Waals surface area (Å²) in [5, 5.41) is 0. The molecule has 1 fully saturated rings. The Labute approximate surface area is 105 Å². The highest BCUT2D eigenvalue weighted by atomic mass is 16.5. The molecule has 17 heavy (non-hydrogen) atoms. The zero-order chi connectivity index (χ0) is 13.1. The van der Waals surface area contributed by atoms with E-state index >= 15 is 0 Å². The summed E-state index contributed by atoms with van der Waals surface area (Å²) in [4.78, 5) is 10.7. The molecule has 0 unspecified atom stereocenters. The predicted molar refractivity (Wildman–Crippen MR) is 72.5 cm³/mol. The van der Waals surface area contributed by atoms with Crippen LogP contribution in [0.3, 0.4) is 0 Å². The van der Waals surface area contributed by atoms with E-state index in [1.54, 1.807) is 12.4 Å². The molecular weight excluding hydrogens is 214 g/mol. The van der Waals surface area contributed by atoms with Gasteiger partial charge in [0.05, 0.1) is 18.9 Å². The van der Waals surface area contributed by atoms with Gasteiger partial charge in [-0.25, -0.2) is 4.98 Å². The van der Waals surface area contributed by atoms with Gasteiger partial charge in [-0.3, -0.25) is 4.98 Å². The SMILES string of the molecule is CC.CC.Cc1nccnc1N1CCOCC1. The van der Waals surface area contributed by atoms with Crippen molar-refractivity contribution in [2.45, 2.75) is 34.6 Å². The Morgan fingerprint density at radius 3 is 2.06 bits per heavy atom. The molecule has 0 aromatic carbocycles. The molecule has 0 bridgehead atoms. The number of anilines is 1. The summed E-state index contributed by atoms with van der Waals surface area (Å²) >= 11 is 0. The highest BCUT2D eigenvalue weighted by Gasteiger charge is 2.14. The summed E-state index contributed by atoms with van der Waals surface area (Å²) in [7, 11) is 0. The molecule has 0 aliphatic carbocycles. The number of nitrogens with zero attached hydrogens (tertiary/aromatic N) is 3. The van der Waals surface area contributed by atoms with Gasteiger partial charge in [-0.05, 0) is 6.92 Å². The number of aromatic nitrogens is 2. The molecule has 0 atom stereocenters. The lowest BCUT2D eigenvalue weighted by Gasteiger charge is -2.28. The third kappa shape index (κ3) is 5.13. The largest absolute Gasteiger partial charge is 0.378 e. The lowest BCUT2D eigenvalue weighted by Crippen LogP contribution is -2.37. The molecule has 0 spiro atoms. The zero-order valence-corrected chi connectivity index (χ0v) is 11.7. The molecule has 1 saturated heterocycles. The number of rotatable bonds is 1. The Morgan fingerprint density at radius 1 is 1.00 bits per heavy atom. The second-order valence-corrected chi connectivity index (χ2v) is 3.06. The molecule has 0 radical (unpaired) electrons. The Bertz CT molecular complexity index is 286. The van der Waals surface area contributed by atoms with Gasteiger partial charge in [0.1, 0.15) is 5.82 Å². The van der Waals surface area contributed by atoms with Crippen LogP contribution in [-0.2, 0) is 4.74 Å². The van der Waals surface area contributed by atoms with Gasteiger partial charge in [-0.15, -0.1) is 0 Å². The van der Waals surface area contributed by atoms with Gasteiger partial charge in [-0.1, -0.05) is 27.7 Å². The van der Waals surface area contributed by atoms with Gasteiger partial charge in [0.15, 0.2) is 0 Å². The van der Waals surface area contributed by atoms with Gasteiger partial charge in [-0.2, -0.15) is 0 Å². The quantitative estimate of drug-likeness (QED) is 0.755. The van der Waals surface area contributed by atoms with E-state index in [4.69, 9.17) is 4.74 Å². The molecule has 2 rings (SSSR count). The first kappa shape index (κ1) is 15.8. The Hall–Kier alpha value is -1.16. The first-order valence-corrected chi connectivity index (χ1v) is 6.48. The number of aryl methyl sites for hydroxylation is 1. The number of hydrogen-bond acceptors (Lipinski definition) is 4. The topological polar surface area (TPSA) is 38.2 Å². The molecule has 1 aliphatic heterocycles. The zero-order valence-electron chi connectivity index (χ0n) is 11.7. The van der Waals surface area contributed by atoms with Crippen molar-refractivity contribution in [2.75, 3.05) is 31.2 Å². The molecule has 1 aliphatic rings. The summed E-state index contributed by atoms with van der Waals surface area (Å²) in [5.74, 6) is 0.991. The minimum absolute atomic E-state index is 0.788. The lowest BCUT2D eigenvalue weighted by atomic mass is 10.3. The van der Waals surface area contributed by atoms with E-state index in [1.807, 2.05) is 34.6 Å². The van der Waals surface area contributed by atoms with Crippen LogP contribution in [0.25, 0.3) is 0 Å². The molecule has 1 aromatic heterocycles. The van der Waals surface area contributed by atoms with Crippen molar-refractivity contribution in [3.05, 3.63) is 18.1 Å². The second kappa shape index (κ2) is 10.0. The van der Waals surface area contributed by atoms with Crippen LogP contribution in [0.2, 0.25) is 0 Å². The lowest BCUT2D eigenvalue weighted by molar-refractivity contribution is 0.122. The van der Waals surface area contributed by atoms with Crippen LogP contribution in [0.4, 0.5) is 5.82 Å². The molecule has 4 heteroatoms. The van der Waals surface area contributed by atoms with Crippen LogP contribution in [0.1, 0.15) is 33.4 Å². The number of ether oxygens (including phenoxy) is 1. The minimum Gasteiger partial charge on any atom is -0.378 e. The van der Waals surface area contributed by atoms with Gasteiger partial charge in [0.2, 0.25) is 0 Å². The van der Waals surface area contributed by atoms with Crippen molar-refractivity contribution in [3.8, 4) is 0 Å². The average molecular weight is 239 g/mol. The van der Waals surface area contributed by atoms with Crippen molar-refractivity contribution < 1.29 is 4.74 Å². The summed E-state index contributed by atoms with van der Waals surface area (Å²) in [6.45, 7) is 13.4. The van der Waals surface area contributed by atoms with Crippen LogP contribution < -0.4 is 4.90 Å². The molecule has 0 N–H and O–H groups in total. The molecule has 1 aromatic rings. The van der Waals surface area contributed by atoms with Gasteiger partial charge >= 0.3 is 0 Å². The maximum atomic E-state index is 5.27. The van der Waals surface area contributed by atoms with Crippen LogP contribution in [0.15, 0.2) is 12.4 Å². The normalized spacial score (nSPS) is 14.1. The van der Waals surface area contributed by atoms with E-state index in [0.29, 0.717) is 0 Å². The minimum atomic E-state index is 0.788. The van der Waals surface area contributed by atoms with Crippen LogP contribution in [0.5, 0.6) is 0 Å². The Balaban J connectivity index is 0.000000581. The third-order valence-corrected chi connectivity index (χ3v) is 2.17. The van der Waals surface area contributed by atoms with Gasteiger partial charge in [0.25, 0.3) is 0 Å². The average Bonchev–Trinajstić information content (AvgIpc) is 2.45. The van der Waals surface area contributed by atoms with E-state index in [2.05, 4.69) is 14.9 Å². The smallest absolute Gasteiger partial charge is 0.150 e. The maximum absolute atomic E-state index is 5.27. The predicted octanol–water partition coefficient (Wildman–Crippen LogP) is 2.67. The molecular formula is C13H25N3O. The second-order valence-electron chi connectivity index (χ2n) is 3.06. The van der Waals surface area contributed by atoms with E-state index in [9.17, 15) is 0 Å². The van der Waals surface area contributed by atoms with Crippen LogP contribution in [-0.4, -0.2) is 36.3 Å². The van der Waals surface area contributed by atoms with Gasteiger partial charge < -0.3 is 9.64 Å². The van der Waals surface area contributed by atoms with Crippen molar-refractivity contribution in [1.82, 2.24) is 9.97 Å². The standard InChI is InChI=1S/C9H13N3O.2C2H6/c1-8-9(11-3-2-10-8)12-4-6-13-7-5-12;2*1-2/h2-3H,4-7H2,1H3;2*1-2H3. The van der Waals surface area contributed by atoms with Crippen molar-refractivity contribution in [2.24, 2.45) is 0 Å². The van der Waals surface area contributed by atoms with Crippen molar-refractivity contribution in [1.29, 1.82) is 0 Å². The van der Waals surface area contributed by atoms with Gasteiger partial charge in [0, 0.05) is 25.5 Å². The summed E-state index contributed by atoms with van der Waals surface area (Å²) < 4.78 is 5.27. The molecule has 0 saturated carbocycles. The number of morpholine rings is 1. The molecule has 98 valence electrons. The summed E-state index contributed by atoms with van der Waals surface area (Å²) in [6, 6.07) is 0. The Kier molecular flexibility index (Phi) is 9.34. The monoisotopic (exact) mass is 239 g/mol. The Morgan fingerprint density at radius 2 is 1.53 bits per heavy atom. The fourth-order valence-corrected chi connectivity index (χ4v) is 1.49. The molecule has 2 heterocycles. The fraction of sp³-hybridized carbons (Fsp3) is 0.692. The first-order chi connectivity index (χ1) is 8.38. The van der Waals surface area contributed by atoms with E-state index in [0.717, 1.165) is 37.8 Å². The van der Waals surface area contributed by atoms with E-state index < -0.39 is 0 Å². The third-order valence-electron chi connectivity index (χ3n) is 2.17. The van der Waals surface area contributed by atoms with E-state index in [-0.39, 0.29) is 0 Å². The molecule has 0 amide bonds. The van der Waals surface area contributed by atoms with Crippen LogP contribution >= 0.6 is 0 Å². The van der Waals surface area contributed by atoms with E-state index in [1.165, 1.54) is 0 Å². The highest BCUT2D eigenvalue weighted by Crippen LogP contribution is 2.14. The highest BCUT2D eigenvalue weighted by molar-refractivity contribution is 5.42. The molecule has 4 nitrogen and oxygen atoms in total. The van der Waals surface area contributed by atoms with Crippen molar-refractivity contribution in [3.63, 3.8) is 0 Å². The maximum Gasteiger partial charge on any atom is 0.150 e. The summed E-state index contributed by atoms with van der Waals surface area (Å²) in [5.41, 5.74) is 0.990. The van der Waals surface area contributed by atoms with Crippen LogP contribution in [0, 0.1) is 6.92 Å². The number of hydrogen-bond donors (Lipinski definition) is 0. The first-order valence-electron chi connectivity index (χ1n) is 6.48. The van der Waals surface area contributed by atoms with Crippen molar-refractivity contribution >= 4 is 5.82 Å². The summed E-state index contributed by atoms with van der Waals surface area (Å²) in [6.07, 6.45) is 3.46. The fourth-order valence-electron chi connectivity index (χ4n) is 1.49.